The van der Waals surface area contributed by atoms with Crippen LogP contribution < -0.4 is 5.32 Å². The Morgan fingerprint density at radius 3 is 3.10 bits per heavy atom. The van der Waals surface area contributed by atoms with Gasteiger partial charge in [0.2, 0.25) is 5.91 Å². The number of para-hydroxylation sites is 2. The predicted molar refractivity (Wildman–Crippen MR) is 79.7 cm³/mol. The number of hydrogen-bond donors (Lipinski definition) is 2. The zero-order valence-electron chi connectivity index (χ0n) is 11.8. The molecule has 0 spiro atoms. The van der Waals surface area contributed by atoms with Gasteiger partial charge in [0.05, 0.1) is 23.7 Å². The van der Waals surface area contributed by atoms with Gasteiger partial charge in [-0.3, -0.25) is 4.79 Å². The first-order chi connectivity index (χ1) is 10.3. The first-order valence-corrected chi connectivity index (χ1v) is 6.92. The molecule has 0 radical (unpaired) electrons. The van der Waals surface area contributed by atoms with E-state index in [9.17, 15) is 4.79 Å². The molecular formula is C15H17N5O. The van der Waals surface area contributed by atoms with Crippen molar-refractivity contribution in [1.82, 2.24) is 24.8 Å². The minimum absolute atomic E-state index is 0.0160. The molecule has 0 bridgehead atoms. The second kappa shape index (κ2) is 5.78. The summed E-state index contributed by atoms with van der Waals surface area (Å²) in [6.45, 7) is 2.46. The summed E-state index contributed by atoms with van der Waals surface area (Å²) >= 11 is 0. The first-order valence-electron chi connectivity index (χ1n) is 6.92. The van der Waals surface area contributed by atoms with Crippen molar-refractivity contribution < 1.29 is 4.79 Å². The molecule has 21 heavy (non-hydrogen) atoms. The van der Waals surface area contributed by atoms with Crippen LogP contribution in [0.3, 0.4) is 0 Å². The molecule has 3 rings (SSSR count). The van der Waals surface area contributed by atoms with Crippen LogP contribution in [0.25, 0.3) is 11.0 Å². The fourth-order valence-electron chi connectivity index (χ4n) is 2.30. The molecule has 6 nitrogen and oxygen atoms in total. The number of hydrogen-bond acceptors (Lipinski definition) is 3. The van der Waals surface area contributed by atoms with Crippen LogP contribution in [0.2, 0.25) is 0 Å². The molecule has 2 heterocycles. The largest absolute Gasteiger partial charge is 0.354 e. The molecule has 0 aliphatic rings. The molecule has 1 aromatic carbocycles. The van der Waals surface area contributed by atoms with Gasteiger partial charge in [0.1, 0.15) is 6.04 Å². The maximum atomic E-state index is 12.2. The molecule has 108 valence electrons. The Hall–Kier alpha value is -2.63. The van der Waals surface area contributed by atoms with Crippen molar-refractivity contribution in [2.75, 3.05) is 6.54 Å². The van der Waals surface area contributed by atoms with E-state index in [1.807, 2.05) is 35.8 Å². The van der Waals surface area contributed by atoms with Crippen LogP contribution in [0.5, 0.6) is 0 Å². The third-order valence-corrected chi connectivity index (χ3v) is 3.53. The van der Waals surface area contributed by atoms with Gasteiger partial charge < -0.3 is 14.9 Å². The SMILES string of the molecule is CC(C(=O)NCCc1cnc[nH]1)n1cnc2ccccc21. The van der Waals surface area contributed by atoms with E-state index in [1.165, 1.54) is 0 Å². The van der Waals surface area contributed by atoms with E-state index >= 15 is 0 Å². The van der Waals surface area contributed by atoms with Gasteiger partial charge in [0.25, 0.3) is 0 Å². The van der Waals surface area contributed by atoms with Gasteiger partial charge in [-0.1, -0.05) is 12.1 Å². The zero-order valence-corrected chi connectivity index (χ0v) is 11.8. The number of benzene rings is 1. The van der Waals surface area contributed by atoms with Crippen molar-refractivity contribution in [2.45, 2.75) is 19.4 Å². The number of carbonyl (C=O) groups is 1. The first kappa shape index (κ1) is 13.4. The maximum Gasteiger partial charge on any atom is 0.242 e. The number of nitrogens with one attached hydrogen (secondary N) is 2. The second-order valence-electron chi connectivity index (χ2n) is 4.93. The minimum Gasteiger partial charge on any atom is -0.354 e. The third kappa shape index (κ3) is 2.79. The highest BCUT2D eigenvalue weighted by Gasteiger charge is 2.16. The molecule has 1 atom stereocenters. The Balaban J connectivity index is 1.64. The van der Waals surface area contributed by atoms with E-state index in [0.717, 1.165) is 23.1 Å². The standard InChI is InChI=1S/C15H17N5O/c1-11(15(21)17-7-6-12-8-16-9-18-12)20-10-19-13-4-2-3-5-14(13)20/h2-5,8-11H,6-7H2,1H3,(H,16,18)(H,17,21). The number of fused-ring (bicyclic) bond motifs is 1. The summed E-state index contributed by atoms with van der Waals surface area (Å²) in [6, 6.07) is 7.50. The lowest BCUT2D eigenvalue weighted by molar-refractivity contribution is -0.123. The summed E-state index contributed by atoms with van der Waals surface area (Å²) in [5, 5.41) is 2.94. The van der Waals surface area contributed by atoms with Crippen molar-refractivity contribution in [1.29, 1.82) is 0 Å². The smallest absolute Gasteiger partial charge is 0.242 e. The molecule has 2 aromatic heterocycles. The minimum atomic E-state index is -0.292. The molecule has 0 aliphatic carbocycles. The van der Waals surface area contributed by atoms with E-state index in [0.29, 0.717) is 6.54 Å². The van der Waals surface area contributed by atoms with Crippen molar-refractivity contribution in [3.05, 3.63) is 48.8 Å². The third-order valence-electron chi connectivity index (χ3n) is 3.53. The fraction of sp³-hybridized carbons (Fsp3) is 0.267. The molecule has 0 saturated heterocycles. The maximum absolute atomic E-state index is 12.2. The highest BCUT2D eigenvalue weighted by Crippen LogP contribution is 2.17. The average Bonchev–Trinajstić information content (AvgIpc) is 3.15. The van der Waals surface area contributed by atoms with Crippen LogP contribution in [0.1, 0.15) is 18.7 Å². The highest BCUT2D eigenvalue weighted by molar-refractivity contribution is 5.83. The summed E-state index contributed by atoms with van der Waals surface area (Å²) in [7, 11) is 0. The number of aromatic amines is 1. The average molecular weight is 283 g/mol. The monoisotopic (exact) mass is 283 g/mol. The van der Waals surface area contributed by atoms with Crippen LogP contribution in [0.4, 0.5) is 0 Å². The Morgan fingerprint density at radius 1 is 1.43 bits per heavy atom. The van der Waals surface area contributed by atoms with Gasteiger partial charge in [-0.05, 0) is 19.1 Å². The fourth-order valence-corrected chi connectivity index (χ4v) is 2.30. The Labute approximate surface area is 122 Å². The predicted octanol–water partition coefficient (Wildman–Crippen LogP) is 1.68. The number of amides is 1. The zero-order chi connectivity index (χ0) is 14.7. The van der Waals surface area contributed by atoms with E-state index in [-0.39, 0.29) is 11.9 Å². The molecule has 6 heteroatoms. The van der Waals surface area contributed by atoms with Crippen LogP contribution in [0, 0.1) is 0 Å². The summed E-state index contributed by atoms with van der Waals surface area (Å²) in [4.78, 5) is 23.5. The number of rotatable bonds is 5. The van der Waals surface area contributed by atoms with Crippen LogP contribution >= 0.6 is 0 Å². The van der Waals surface area contributed by atoms with Gasteiger partial charge in [-0.2, -0.15) is 0 Å². The number of aromatic nitrogens is 4. The number of nitrogens with zero attached hydrogens (tertiary/aromatic N) is 3. The summed E-state index contributed by atoms with van der Waals surface area (Å²) in [5.74, 6) is -0.0160. The molecule has 1 amide bonds. The lowest BCUT2D eigenvalue weighted by atomic mass is 10.2. The Bertz CT molecular complexity index is 731. The topological polar surface area (TPSA) is 75.6 Å². The number of imidazole rings is 2. The second-order valence-corrected chi connectivity index (χ2v) is 4.93. The summed E-state index contributed by atoms with van der Waals surface area (Å²) in [5.41, 5.74) is 2.87. The molecule has 2 N–H and O–H groups in total. The van der Waals surface area contributed by atoms with E-state index in [4.69, 9.17) is 0 Å². The quantitative estimate of drug-likeness (QED) is 0.748. The number of carbonyl (C=O) groups excluding carboxylic acids is 1. The molecule has 3 aromatic rings. The molecule has 0 aliphatic heterocycles. The van der Waals surface area contributed by atoms with E-state index in [1.54, 1.807) is 18.9 Å². The lowest BCUT2D eigenvalue weighted by Gasteiger charge is -2.14. The Kier molecular flexibility index (Phi) is 3.68. The van der Waals surface area contributed by atoms with Crippen molar-refractivity contribution in [2.24, 2.45) is 0 Å². The Morgan fingerprint density at radius 2 is 2.29 bits per heavy atom. The molecule has 1 unspecified atom stereocenters. The lowest BCUT2D eigenvalue weighted by Crippen LogP contribution is -2.32. The van der Waals surface area contributed by atoms with Crippen LogP contribution in [-0.4, -0.2) is 32.0 Å². The van der Waals surface area contributed by atoms with Crippen LogP contribution in [-0.2, 0) is 11.2 Å². The van der Waals surface area contributed by atoms with Gasteiger partial charge in [0.15, 0.2) is 0 Å². The van der Waals surface area contributed by atoms with Crippen LogP contribution in [0.15, 0.2) is 43.1 Å². The van der Waals surface area contributed by atoms with E-state index < -0.39 is 0 Å². The number of H-pyrrole nitrogens is 1. The molecule has 0 fully saturated rings. The van der Waals surface area contributed by atoms with E-state index in [2.05, 4.69) is 20.3 Å². The normalized spacial score (nSPS) is 12.4. The van der Waals surface area contributed by atoms with Gasteiger partial charge in [0, 0.05) is 24.9 Å². The van der Waals surface area contributed by atoms with Gasteiger partial charge >= 0.3 is 0 Å². The van der Waals surface area contributed by atoms with Gasteiger partial charge in [-0.15, -0.1) is 0 Å². The highest BCUT2D eigenvalue weighted by atomic mass is 16.2. The molecular weight excluding hydrogens is 266 g/mol. The summed E-state index contributed by atoms with van der Waals surface area (Å²) in [6.07, 6.45) is 5.85. The summed E-state index contributed by atoms with van der Waals surface area (Å²) < 4.78 is 1.89. The molecule has 0 saturated carbocycles. The van der Waals surface area contributed by atoms with Gasteiger partial charge in [-0.25, -0.2) is 9.97 Å². The van der Waals surface area contributed by atoms with Crippen molar-refractivity contribution >= 4 is 16.9 Å². The van der Waals surface area contributed by atoms with Crippen molar-refractivity contribution in [3.8, 4) is 0 Å². The van der Waals surface area contributed by atoms with Crippen molar-refractivity contribution in [3.63, 3.8) is 0 Å².